The molecule has 0 radical (unpaired) electrons. The number of hydrogen-bond acceptors (Lipinski definition) is 23. The van der Waals surface area contributed by atoms with Gasteiger partial charge in [-0.05, 0) is 151 Å². The van der Waals surface area contributed by atoms with Crippen LogP contribution in [-0.4, -0.2) is 207 Å². The molecule has 0 bridgehead atoms. The lowest BCUT2D eigenvalue weighted by molar-refractivity contribution is -0.141. The summed E-state index contributed by atoms with van der Waals surface area (Å²) in [5.74, 6) is -18.7. The third-order valence-electron chi connectivity index (χ3n) is 20.6. The molecule has 117 heavy (non-hydrogen) atoms. The fourth-order valence-electron chi connectivity index (χ4n) is 13.7. The second kappa shape index (κ2) is 63.2. The van der Waals surface area contributed by atoms with E-state index in [-0.39, 0.29) is 107 Å². The van der Waals surface area contributed by atoms with Gasteiger partial charge in [0.1, 0.15) is 17.6 Å². The molecule has 34 heteroatoms. The summed E-state index contributed by atoms with van der Waals surface area (Å²) in [6.45, 7) is 5.98. The molecular weight excluding hydrogens is 1550 g/mol. The zero-order valence-electron chi connectivity index (χ0n) is 70.2. The summed E-state index contributed by atoms with van der Waals surface area (Å²) < 4.78 is 0. The molecule has 0 saturated heterocycles. The number of benzene rings is 1. The van der Waals surface area contributed by atoms with Crippen LogP contribution in [0.3, 0.4) is 0 Å². The van der Waals surface area contributed by atoms with E-state index >= 15 is 0 Å². The van der Waals surface area contributed by atoms with Crippen LogP contribution in [0, 0.1) is 41.4 Å². The molecule has 0 unspecified atom stereocenters. The van der Waals surface area contributed by atoms with Crippen molar-refractivity contribution in [2.45, 2.75) is 289 Å². The minimum absolute atomic E-state index is 0.0157. The molecule has 664 valence electrons. The minimum Gasteiger partial charge on any atom is -0.508 e. The molecule has 1 rings (SSSR count). The van der Waals surface area contributed by atoms with E-state index in [0.717, 1.165) is 25.7 Å². The third kappa shape index (κ3) is 48.7. The molecule has 0 aliphatic heterocycles. The molecule has 22 N–H and O–H groups in total. The second-order valence-corrected chi connectivity index (χ2v) is 33.3. The summed E-state index contributed by atoms with van der Waals surface area (Å²) in [6.07, 6.45) is 15.0. The number of aliphatic imine (C=N–C) groups is 1. The van der Waals surface area contributed by atoms with E-state index in [9.17, 15) is 92.3 Å². The lowest BCUT2D eigenvalue weighted by atomic mass is 9.87. The van der Waals surface area contributed by atoms with Crippen molar-refractivity contribution in [3.05, 3.63) is 29.8 Å². The van der Waals surface area contributed by atoms with Crippen molar-refractivity contribution in [2.24, 2.45) is 80.8 Å². The van der Waals surface area contributed by atoms with Gasteiger partial charge in [0, 0.05) is 81.6 Å². The minimum atomic E-state index is -1.69. The number of aliphatic hydroxyl groups excluding tert-OH is 2. The Hall–Kier alpha value is -7.92. The third-order valence-corrected chi connectivity index (χ3v) is 21.9. The van der Waals surface area contributed by atoms with Crippen LogP contribution in [0.4, 0.5) is 0 Å². The summed E-state index contributed by atoms with van der Waals surface area (Å²) in [4.78, 5) is 210. The number of primary amides is 2. The lowest BCUT2D eigenvalue weighted by Crippen LogP contribution is -2.51. The number of carbonyl (C=O) groups excluding carboxylic acids is 14. The van der Waals surface area contributed by atoms with Crippen molar-refractivity contribution in [1.82, 2.24) is 31.9 Å². The predicted molar refractivity (Wildman–Crippen MR) is 453 cm³/mol. The van der Waals surface area contributed by atoms with Crippen molar-refractivity contribution in [1.29, 1.82) is 0 Å². The maximum atomic E-state index is 14.9. The number of aliphatic hydroxyl groups is 2. The molecule has 1 aromatic rings. The summed E-state index contributed by atoms with van der Waals surface area (Å²) in [5, 5.41) is 56.3. The number of amides is 8. The molecule has 0 heterocycles. The second-order valence-electron chi connectivity index (χ2n) is 31.3. The number of phenols is 1. The molecule has 0 spiro atoms. The van der Waals surface area contributed by atoms with Gasteiger partial charge in [-0.25, -0.2) is 0 Å². The smallest absolute Gasteiger partial charge is 0.305 e. The number of aliphatic carboxylic acids is 1. The summed E-state index contributed by atoms with van der Waals surface area (Å²) in [6, 6.07) is -1.25. The van der Waals surface area contributed by atoms with Gasteiger partial charge in [0.2, 0.25) is 47.3 Å². The Morgan fingerprint density at radius 3 is 1.39 bits per heavy atom. The highest BCUT2D eigenvalue weighted by molar-refractivity contribution is 7.98. The number of guanidine groups is 1. The standard InChI is InChI=1S/C83H141N13O19S2/c1-7-8-9-10-11-12-13-14-15-16-17-18-19-26-62(100)44-57(35-40-116-5)77(110)91-51-63(101)45-59(43-55-29-31-61(99)32-30-55)80(113)94-67(33-34-74(86)106)70(102)46-56(25-20-22-37-84)78(111)92-65(27-21-23-38-85)71(103)47-58(42-53(2)3)79(112)93-66(28-24-39-90-83(88)89)72(104)48-60(52-97)81(114)95-68(36-41-117-6)73(105)49-64(54(4)98)82(115)96-69(76(87)109)50-75(107)108/h29-32,53-54,56-60,64-69,97-99H,7-28,33-52,84-85H2,1-6H3,(H2,86,106)(H2,87,109)(H,91,110)(H,92,111)(H,93,112)(H,94,113)(H,95,114)(H,96,115)(H,107,108)(H4,88,89,90)/t54-,56-,57-,58-,59-,60+,64+,65+,66-,67+,68+,69+/m1/s1. The van der Waals surface area contributed by atoms with Gasteiger partial charge in [-0.3, -0.25) is 76.9 Å². The number of ketones is 6. The summed E-state index contributed by atoms with van der Waals surface area (Å²) >= 11 is 2.82. The number of Topliss-reactive ketones (excluding diaryl/α,β-unsaturated/α-hetero) is 6. The Labute approximate surface area is 700 Å². The van der Waals surface area contributed by atoms with Crippen molar-refractivity contribution in [3.63, 3.8) is 0 Å². The maximum absolute atomic E-state index is 14.9. The van der Waals surface area contributed by atoms with Crippen molar-refractivity contribution >= 4 is 117 Å². The molecule has 0 aliphatic rings. The number of nitrogens with zero attached hydrogens (tertiary/aromatic N) is 1. The van der Waals surface area contributed by atoms with Crippen LogP contribution in [0.2, 0.25) is 0 Å². The van der Waals surface area contributed by atoms with Crippen LogP contribution in [0.5, 0.6) is 5.75 Å². The zero-order chi connectivity index (χ0) is 87.8. The highest BCUT2D eigenvalue weighted by Gasteiger charge is 2.38. The number of carboxylic acids is 1. The van der Waals surface area contributed by atoms with E-state index in [1.807, 2.05) is 6.26 Å². The number of carbonyl (C=O) groups is 15. The number of thioether (sulfide) groups is 2. The normalized spacial score (nSPS) is 14.4. The van der Waals surface area contributed by atoms with E-state index in [2.05, 4.69) is 43.8 Å². The molecule has 0 saturated carbocycles. The van der Waals surface area contributed by atoms with E-state index in [1.54, 1.807) is 32.2 Å². The number of phenolic OH excluding ortho intramolecular Hbond substituents is 1. The van der Waals surface area contributed by atoms with Gasteiger partial charge in [0.15, 0.2) is 34.9 Å². The monoisotopic (exact) mass is 1690 g/mol. The van der Waals surface area contributed by atoms with Crippen LogP contribution >= 0.6 is 23.5 Å². The SMILES string of the molecule is CCCCCCCCCCCCCCCC(=O)C[C@@H](CCSC)C(=O)NCC(=O)C[C@@H](Cc1ccc(O)cc1)C(=O)N[C@@H](CCC(N)=O)C(=O)C[C@@H](CCCCN)C(=O)N[C@@H](CCCCN)C(=O)C[C@@H](CC(C)C)C(=O)N[C@H](CCCN=C(N)N)C(=O)C[C@@H](CO)C(=O)N[C@@H](CCSC)C(=O)C[C@H](C(=O)N[C@@H](CC(=O)O)C(N)=O)[C@@H](C)O. The van der Waals surface area contributed by atoms with E-state index in [4.69, 9.17) is 34.4 Å². The Kier molecular flexibility index (Phi) is 57.8. The maximum Gasteiger partial charge on any atom is 0.305 e. The number of nitrogens with two attached hydrogens (primary N) is 6. The summed E-state index contributed by atoms with van der Waals surface area (Å²) in [7, 11) is 0. The number of rotatable bonds is 73. The number of unbranched alkanes of at least 4 members (excludes halogenated alkanes) is 14. The predicted octanol–water partition coefficient (Wildman–Crippen LogP) is 4.87. The highest BCUT2D eigenvalue weighted by Crippen LogP contribution is 2.26. The topological polar surface area (TPSA) is 578 Å². The molecule has 32 nitrogen and oxygen atoms in total. The van der Waals surface area contributed by atoms with Crippen LogP contribution in [0.1, 0.15) is 252 Å². The van der Waals surface area contributed by atoms with Gasteiger partial charge >= 0.3 is 5.97 Å². The Morgan fingerprint density at radius 1 is 0.453 bits per heavy atom. The molecule has 0 aromatic heterocycles. The van der Waals surface area contributed by atoms with Crippen LogP contribution in [0.15, 0.2) is 29.3 Å². The van der Waals surface area contributed by atoms with Gasteiger partial charge in [-0.15, -0.1) is 0 Å². The van der Waals surface area contributed by atoms with Crippen LogP contribution in [-0.2, 0) is 78.3 Å². The number of carboxylic acid groups (broad SMARTS) is 1. The zero-order valence-corrected chi connectivity index (χ0v) is 71.8. The summed E-state index contributed by atoms with van der Waals surface area (Å²) in [5.41, 5.74) is 34.4. The van der Waals surface area contributed by atoms with Gasteiger partial charge in [-0.2, -0.15) is 23.5 Å². The van der Waals surface area contributed by atoms with Crippen LogP contribution < -0.4 is 66.3 Å². The fourth-order valence-corrected chi connectivity index (χ4v) is 14.7. The Morgan fingerprint density at radius 2 is 0.897 bits per heavy atom. The van der Waals surface area contributed by atoms with Gasteiger partial charge in [-0.1, -0.05) is 116 Å². The largest absolute Gasteiger partial charge is 0.508 e. The first kappa shape index (κ1) is 107. The van der Waals surface area contributed by atoms with Gasteiger partial charge < -0.3 is 86.7 Å². The van der Waals surface area contributed by atoms with E-state index < -0.39 is 212 Å². The van der Waals surface area contributed by atoms with Crippen molar-refractivity contribution < 1.29 is 92.3 Å². The average Bonchev–Trinajstić information content (AvgIpc) is 0.860. The first-order valence-electron chi connectivity index (χ1n) is 41.9. The molecular formula is C83H141N13O19S2. The van der Waals surface area contributed by atoms with Crippen molar-refractivity contribution in [2.75, 3.05) is 56.8 Å². The average molecular weight is 1690 g/mol. The molecule has 12 atom stereocenters. The molecule has 1 aromatic carbocycles. The van der Waals surface area contributed by atoms with Gasteiger partial charge in [0.05, 0.1) is 61.7 Å². The quantitative estimate of drug-likeness (QED) is 0.0235. The Bertz CT molecular complexity index is 3250. The van der Waals surface area contributed by atoms with E-state index in [1.165, 1.54) is 100 Å². The number of nitrogens with one attached hydrogen (secondary N) is 6. The van der Waals surface area contributed by atoms with E-state index in [0.29, 0.717) is 49.8 Å². The number of hydrogen-bond donors (Lipinski definition) is 16. The Balaban J connectivity index is 3.60. The molecule has 8 amide bonds. The fraction of sp³-hybridized carbons (Fsp3) is 0.735. The number of aromatic hydroxyl groups is 1. The molecule has 0 fully saturated rings. The van der Waals surface area contributed by atoms with Crippen LogP contribution in [0.25, 0.3) is 0 Å². The van der Waals surface area contributed by atoms with Gasteiger partial charge in [0.25, 0.3) is 0 Å². The first-order chi connectivity index (χ1) is 55.6. The first-order valence-corrected chi connectivity index (χ1v) is 44.7. The highest BCUT2D eigenvalue weighted by atomic mass is 32.2. The van der Waals surface area contributed by atoms with Crippen molar-refractivity contribution in [3.8, 4) is 5.75 Å². The lowest BCUT2D eigenvalue weighted by Gasteiger charge is -2.27. The molecule has 0 aliphatic carbocycles.